The Kier molecular flexibility index (Phi) is 7.79. The number of benzene rings is 2. The average molecular weight is 466 g/mol. The lowest BCUT2D eigenvalue weighted by atomic mass is 9.91. The Balaban J connectivity index is 0.000000330. The first kappa shape index (κ1) is 23.4. The van der Waals surface area contributed by atoms with Gasteiger partial charge in [0, 0.05) is 6.07 Å². The molecular weight excluding hydrogens is 440 g/mol. The zero-order valence-corrected chi connectivity index (χ0v) is 19.3. The minimum Gasteiger partial charge on any atom is -0.496 e. The van der Waals surface area contributed by atoms with E-state index in [1.165, 1.54) is 58.3 Å². The third-order valence-electron chi connectivity index (χ3n) is 5.36. The molecule has 0 saturated heterocycles. The van der Waals surface area contributed by atoms with Gasteiger partial charge in [-0.15, -0.1) is 0 Å². The molecule has 0 spiro atoms. The number of nitrogens with one attached hydrogen (secondary N) is 2. The SMILES string of the molecule is CC1CCCCC1.COc1cc2nc(Nc3c(Cl)ccc(Cl)c3F)[nH]c2cc1C(C)=O. The number of nitrogens with zero attached hydrogens (tertiary/aromatic N) is 1. The van der Waals surface area contributed by atoms with Crippen molar-refractivity contribution in [1.29, 1.82) is 0 Å². The molecule has 2 aromatic carbocycles. The summed E-state index contributed by atoms with van der Waals surface area (Å²) < 4.78 is 19.3. The van der Waals surface area contributed by atoms with Crippen molar-refractivity contribution in [2.24, 2.45) is 5.92 Å². The van der Waals surface area contributed by atoms with E-state index in [2.05, 4.69) is 22.2 Å². The van der Waals surface area contributed by atoms with Crippen molar-refractivity contribution in [1.82, 2.24) is 9.97 Å². The summed E-state index contributed by atoms with van der Waals surface area (Å²) in [4.78, 5) is 19.0. The summed E-state index contributed by atoms with van der Waals surface area (Å²) in [5.41, 5.74) is 1.59. The highest BCUT2D eigenvalue weighted by atomic mass is 35.5. The fourth-order valence-corrected chi connectivity index (χ4v) is 3.96. The molecule has 0 amide bonds. The van der Waals surface area contributed by atoms with Crippen LogP contribution in [0.1, 0.15) is 56.3 Å². The van der Waals surface area contributed by atoms with Gasteiger partial charge in [-0.1, -0.05) is 62.2 Å². The number of carbonyl (C=O) groups excluding carboxylic acids is 1. The van der Waals surface area contributed by atoms with Gasteiger partial charge in [-0.25, -0.2) is 9.37 Å². The van der Waals surface area contributed by atoms with Gasteiger partial charge in [0.25, 0.3) is 0 Å². The van der Waals surface area contributed by atoms with Crippen molar-refractivity contribution in [3.63, 3.8) is 0 Å². The van der Waals surface area contributed by atoms with E-state index in [9.17, 15) is 9.18 Å². The van der Waals surface area contributed by atoms with E-state index in [-0.39, 0.29) is 27.5 Å². The summed E-state index contributed by atoms with van der Waals surface area (Å²) in [5.74, 6) is 0.901. The fourth-order valence-electron chi connectivity index (χ4n) is 3.61. The lowest BCUT2D eigenvalue weighted by Gasteiger charge is -2.15. The summed E-state index contributed by atoms with van der Waals surface area (Å²) in [6.07, 6.45) is 7.44. The Morgan fingerprint density at radius 1 is 1.19 bits per heavy atom. The van der Waals surface area contributed by atoms with Crippen LogP contribution in [-0.2, 0) is 0 Å². The van der Waals surface area contributed by atoms with E-state index < -0.39 is 5.82 Å². The van der Waals surface area contributed by atoms with Crippen molar-refractivity contribution < 1.29 is 13.9 Å². The highest BCUT2D eigenvalue weighted by Crippen LogP contribution is 2.33. The second-order valence-corrected chi connectivity index (χ2v) is 8.61. The van der Waals surface area contributed by atoms with Crippen molar-refractivity contribution in [2.45, 2.75) is 46.0 Å². The molecule has 0 unspecified atom stereocenters. The van der Waals surface area contributed by atoms with Gasteiger partial charge < -0.3 is 15.0 Å². The van der Waals surface area contributed by atoms with Crippen molar-refractivity contribution >= 4 is 51.7 Å². The van der Waals surface area contributed by atoms with Crippen LogP contribution in [0.5, 0.6) is 5.75 Å². The van der Waals surface area contributed by atoms with Gasteiger partial charge >= 0.3 is 0 Å². The maximum atomic E-state index is 14.1. The molecule has 0 bridgehead atoms. The van der Waals surface area contributed by atoms with E-state index in [1.54, 1.807) is 12.1 Å². The quantitative estimate of drug-likeness (QED) is 0.308. The molecular formula is C23H26Cl2FN3O2. The largest absolute Gasteiger partial charge is 0.496 e. The number of Topliss-reactive ketones (excluding diaryl/α,β-unsaturated/α-hetero) is 1. The maximum Gasteiger partial charge on any atom is 0.205 e. The first-order valence-corrected chi connectivity index (χ1v) is 11.0. The first-order chi connectivity index (χ1) is 14.8. The molecule has 2 N–H and O–H groups in total. The monoisotopic (exact) mass is 465 g/mol. The third kappa shape index (κ3) is 5.69. The number of methoxy groups -OCH3 is 1. The molecule has 1 fully saturated rings. The van der Waals surface area contributed by atoms with Gasteiger partial charge in [0.2, 0.25) is 5.95 Å². The minimum atomic E-state index is -0.674. The first-order valence-electron chi connectivity index (χ1n) is 10.3. The van der Waals surface area contributed by atoms with Crippen LogP contribution in [0.3, 0.4) is 0 Å². The summed E-state index contributed by atoms with van der Waals surface area (Å²) >= 11 is 11.8. The maximum absolute atomic E-state index is 14.1. The highest BCUT2D eigenvalue weighted by molar-refractivity contribution is 6.35. The topological polar surface area (TPSA) is 67.0 Å². The molecule has 1 aromatic heterocycles. The number of H-pyrrole nitrogens is 1. The Morgan fingerprint density at radius 2 is 1.87 bits per heavy atom. The third-order valence-corrected chi connectivity index (χ3v) is 5.97. The molecule has 1 aliphatic rings. The number of hydrogen-bond acceptors (Lipinski definition) is 4. The number of fused-ring (bicyclic) bond motifs is 1. The van der Waals surface area contributed by atoms with Crippen LogP contribution in [0.15, 0.2) is 24.3 Å². The fraction of sp³-hybridized carbons (Fsp3) is 0.391. The lowest BCUT2D eigenvalue weighted by Crippen LogP contribution is -1.99. The average Bonchev–Trinajstić information content (AvgIpc) is 3.15. The van der Waals surface area contributed by atoms with Gasteiger partial charge in [0.1, 0.15) is 5.75 Å². The lowest BCUT2D eigenvalue weighted by molar-refractivity contribution is 0.101. The molecule has 0 atom stereocenters. The molecule has 8 heteroatoms. The summed E-state index contributed by atoms with van der Waals surface area (Å²) in [6.45, 7) is 3.81. The number of hydrogen-bond donors (Lipinski definition) is 2. The van der Waals surface area contributed by atoms with E-state index in [0.29, 0.717) is 22.3 Å². The van der Waals surface area contributed by atoms with Gasteiger partial charge in [-0.3, -0.25) is 4.79 Å². The molecule has 0 aliphatic heterocycles. The number of aromatic nitrogens is 2. The van der Waals surface area contributed by atoms with Crippen LogP contribution in [0, 0.1) is 11.7 Å². The van der Waals surface area contributed by atoms with E-state index >= 15 is 0 Å². The number of rotatable bonds is 4. The smallest absolute Gasteiger partial charge is 0.205 e. The molecule has 166 valence electrons. The normalized spacial score (nSPS) is 14.1. The van der Waals surface area contributed by atoms with Crippen molar-refractivity contribution in [3.05, 3.63) is 45.7 Å². The van der Waals surface area contributed by atoms with Crippen LogP contribution in [0.4, 0.5) is 16.0 Å². The van der Waals surface area contributed by atoms with Crippen LogP contribution < -0.4 is 10.1 Å². The van der Waals surface area contributed by atoms with Gasteiger partial charge in [0.15, 0.2) is 11.6 Å². The Hall–Kier alpha value is -2.31. The van der Waals surface area contributed by atoms with Crippen LogP contribution in [0.25, 0.3) is 11.0 Å². The molecule has 1 heterocycles. The van der Waals surface area contributed by atoms with Crippen molar-refractivity contribution in [3.8, 4) is 5.75 Å². The second-order valence-electron chi connectivity index (χ2n) is 7.80. The number of anilines is 2. The number of aromatic amines is 1. The molecule has 1 aliphatic carbocycles. The molecule has 1 saturated carbocycles. The van der Waals surface area contributed by atoms with E-state index in [0.717, 1.165) is 5.92 Å². The predicted molar refractivity (Wildman–Crippen MR) is 125 cm³/mol. The molecule has 4 rings (SSSR count). The van der Waals surface area contributed by atoms with Crippen LogP contribution >= 0.6 is 23.2 Å². The summed E-state index contributed by atoms with van der Waals surface area (Å²) in [5, 5.41) is 2.88. The second kappa shape index (κ2) is 10.3. The Bertz CT molecular complexity index is 1080. The number of ether oxygens (including phenoxy) is 1. The summed E-state index contributed by atoms with van der Waals surface area (Å²) in [7, 11) is 1.47. The van der Waals surface area contributed by atoms with Gasteiger partial charge in [-0.05, 0) is 31.0 Å². The van der Waals surface area contributed by atoms with Gasteiger partial charge in [-0.2, -0.15) is 0 Å². The highest BCUT2D eigenvalue weighted by Gasteiger charge is 2.16. The molecule has 5 nitrogen and oxygen atoms in total. The molecule has 31 heavy (non-hydrogen) atoms. The Morgan fingerprint density at radius 3 is 2.45 bits per heavy atom. The number of carbonyl (C=O) groups is 1. The predicted octanol–water partition coefficient (Wildman–Crippen LogP) is 7.55. The molecule has 3 aromatic rings. The van der Waals surface area contributed by atoms with E-state index in [4.69, 9.17) is 27.9 Å². The zero-order valence-electron chi connectivity index (χ0n) is 17.8. The van der Waals surface area contributed by atoms with E-state index in [1.807, 2.05) is 0 Å². The van der Waals surface area contributed by atoms with Gasteiger partial charge in [0.05, 0.1) is 39.4 Å². The number of imidazole rings is 1. The summed E-state index contributed by atoms with van der Waals surface area (Å²) in [6, 6.07) is 6.11. The minimum absolute atomic E-state index is 0.0157. The zero-order chi connectivity index (χ0) is 22.5. The number of halogens is 3. The van der Waals surface area contributed by atoms with Crippen molar-refractivity contribution in [2.75, 3.05) is 12.4 Å². The van der Waals surface area contributed by atoms with Crippen LogP contribution in [0.2, 0.25) is 10.0 Å². The Labute approximate surface area is 191 Å². The van der Waals surface area contributed by atoms with Crippen LogP contribution in [-0.4, -0.2) is 22.9 Å². The molecule has 0 radical (unpaired) electrons. The standard InChI is InChI=1S/C16H12Cl2FN3O2.C7H14/c1-7(23)8-5-11-12(6-13(8)24-2)21-16(20-11)22-15-10(18)4-3-9(17)14(15)19;1-7-5-3-2-4-6-7/h3-6H,1-2H3,(H2,20,21,22);7H,2-6H2,1H3. The number of ketones is 1.